The maximum atomic E-state index is 11.0. The van der Waals surface area contributed by atoms with Gasteiger partial charge in [-0.2, -0.15) is 8.42 Å². The average Bonchev–Trinajstić information content (AvgIpc) is 2.26. The van der Waals surface area contributed by atoms with E-state index in [0.29, 0.717) is 0 Å². The first-order valence-corrected chi connectivity index (χ1v) is 6.92. The topological polar surface area (TPSA) is 94.8 Å². The maximum absolute atomic E-state index is 11.0. The SMILES string of the molecule is O=S(=O)(O)c1ccccc1C(O)C(O)CBr. The molecule has 0 bridgehead atoms. The van der Waals surface area contributed by atoms with Crippen LogP contribution < -0.4 is 0 Å². The molecule has 90 valence electrons. The molecule has 0 saturated carbocycles. The predicted molar refractivity (Wildman–Crippen MR) is 61.0 cm³/mol. The van der Waals surface area contributed by atoms with Crippen molar-refractivity contribution >= 4 is 26.0 Å². The van der Waals surface area contributed by atoms with E-state index in [1.165, 1.54) is 18.2 Å². The maximum Gasteiger partial charge on any atom is 0.294 e. The highest BCUT2D eigenvalue weighted by atomic mass is 79.9. The van der Waals surface area contributed by atoms with E-state index in [0.717, 1.165) is 6.07 Å². The van der Waals surface area contributed by atoms with Gasteiger partial charge in [-0.3, -0.25) is 4.55 Å². The molecule has 0 aromatic heterocycles. The largest absolute Gasteiger partial charge is 0.389 e. The highest BCUT2D eigenvalue weighted by Gasteiger charge is 2.24. The first kappa shape index (κ1) is 13.6. The molecule has 0 saturated heterocycles. The van der Waals surface area contributed by atoms with Crippen LogP contribution in [0.25, 0.3) is 0 Å². The van der Waals surface area contributed by atoms with Crippen LogP contribution in [0.2, 0.25) is 0 Å². The average molecular weight is 311 g/mol. The summed E-state index contributed by atoms with van der Waals surface area (Å²) in [4.78, 5) is -0.400. The molecular formula is C9H11BrO5S. The monoisotopic (exact) mass is 310 g/mol. The van der Waals surface area contributed by atoms with Gasteiger partial charge in [0.2, 0.25) is 0 Å². The van der Waals surface area contributed by atoms with Gasteiger partial charge in [0.25, 0.3) is 10.1 Å². The lowest BCUT2D eigenvalue weighted by atomic mass is 10.1. The van der Waals surface area contributed by atoms with Gasteiger partial charge in [0.05, 0.1) is 11.0 Å². The molecule has 1 rings (SSSR count). The summed E-state index contributed by atoms with van der Waals surface area (Å²) in [5.41, 5.74) is -0.0306. The van der Waals surface area contributed by atoms with Crippen LogP contribution in [0.1, 0.15) is 11.7 Å². The Kier molecular flexibility index (Phi) is 4.45. The smallest absolute Gasteiger partial charge is 0.294 e. The van der Waals surface area contributed by atoms with Crippen molar-refractivity contribution in [2.24, 2.45) is 0 Å². The van der Waals surface area contributed by atoms with Crippen molar-refractivity contribution in [1.29, 1.82) is 0 Å². The van der Waals surface area contributed by atoms with Crippen LogP contribution in [0.3, 0.4) is 0 Å². The Balaban J connectivity index is 3.24. The van der Waals surface area contributed by atoms with Gasteiger partial charge in [-0.15, -0.1) is 0 Å². The minimum Gasteiger partial charge on any atom is -0.389 e. The fourth-order valence-corrected chi connectivity index (χ4v) is 2.34. The van der Waals surface area contributed by atoms with E-state index in [1.54, 1.807) is 0 Å². The van der Waals surface area contributed by atoms with Crippen molar-refractivity contribution in [1.82, 2.24) is 0 Å². The van der Waals surface area contributed by atoms with Gasteiger partial charge < -0.3 is 10.2 Å². The van der Waals surface area contributed by atoms with Crippen molar-refractivity contribution < 1.29 is 23.2 Å². The molecule has 1 aromatic rings. The highest BCUT2D eigenvalue weighted by molar-refractivity contribution is 9.09. The van der Waals surface area contributed by atoms with Crippen LogP contribution in [0.15, 0.2) is 29.2 Å². The Morgan fingerprint density at radius 1 is 1.25 bits per heavy atom. The van der Waals surface area contributed by atoms with Gasteiger partial charge in [-0.1, -0.05) is 34.1 Å². The van der Waals surface area contributed by atoms with Crippen LogP contribution in [-0.4, -0.2) is 34.6 Å². The first-order chi connectivity index (χ1) is 7.38. The molecule has 0 radical (unpaired) electrons. The molecular weight excluding hydrogens is 300 g/mol. The van der Waals surface area contributed by atoms with Crippen LogP contribution in [-0.2, 0) is 10.1 Å². The van der Waals surface area contributed by atoms with E-state index in [-0.39, 0.29) is 10.9 Å². The fraction of sp³-hybridized carbons (Fsp3) is 0.333. The highest BCUT2D eigenvalue weighted by Crippen LogP contribution is 2.25. The quantitative estimate of drug-likeness (QED) is 0.563. The first-order valence-electron chi connectivity index (χ1n) is 4.36. The molecule has 0 spiro atoms. The normalized spacial score (nSPS) is 15.8. The number of benzene rings is 1. The van der Waals surface area contributed by atoms with Crippen molar-refractivity contribution in [2.75, 3.05) is 5.33 Å². The second kappa shape index (κ2) is 5.24. The molecule has 16 heavy (non-hydrogen) atoms. The van der Waals surface area contributed by atoms with Gasteiger partial charge in [0.1, 0.15) is 6.10 Å². The summed E-state index contributed by atoms with van der Waals surface area (Å²) in [5.74, 6) is 0. The van der Waals surface area contributed by atoms with E-state index in [1.807, 2.05) is 0 Å². The molecule has 2 unspecified atom stereocenters. The summed E-state index contributed by atoms with van der Waals surface area (Å²) < 4.78 is 31.0. The number of rotatable bonds is 4. The summed E-state index contributed by atoms with van der Waals surface area (Å²) in [5, 5.41) is 19.2. The third kappa shape index (κ3) is 3.02. The zero-order valence-electron chi connectivity index (χ0n) is 8.12. The Labute approximate surface area is 102 Å². The summed E-state index contributed by atoms with van der Waals surface area (Å²) in [6, 6.07) is 5.42. The van der Waals surface area contributed by atoms with Gasteiger partial charge in [-0.05, 0) is 6.07 Å². The van der Waals surface area contributed by atoms with E-state index < -0.39 is 27.2 Å². The van der Waals surface area contributed by atoms with Crippen LogP contribution in [0.5, 0.6) is 0 Å². The van der Waals surface area contributed by atoms with Gasteiger partial charge >= 0.3 is 0 Å². The molecule has 0 amide bonds. The van der Waals surface area contributed by atoms with Crippen molar-refractivity contribution in [3.05, 3.63) is 29.8 Å². The molecule has 0 fully saturated rings. The van der Waals surface area contributed by atoms with Gasteiger partial charge in [0, 0.05) is 10.9 Å². The van der Waals surface area contributed by atoms with Crippen molar-refractivity contribution in [3.8, 4) is 0 Å². The van der Waals surface area contributed by atoms with Gasteiger partial charge in [0.15, 0.2) is 0 Å². The lowest BCUT2D eigenvalue weighted by molar-refractivity contribution is 0.0324. The number of hydrogen-bond donors (Lipinski definition) is 3. The van der Waals surface area contributed by atoms with Gasteiger partial charge in [-0.25, -0.2) is 0 Å². The molecule has 7 heteroatoms. The van der Waals surface area contributed by atoms with Crippen LogP contribution in [0.4, 0.5) is 0 Å². The molecule has 0 aliphatic carbocycles. The second-order valence-electron chi connectivity index (χ2n) is 3.18. The summed E-state index contributed by atoms with van der Waals surface area (Å²) >= 11 is 2.97. The molecule has 0 heterocycles. The summed E-state index contributed by atoms with van der Waals surface area (Å²) in [6.07, 6.45) is -2.53. The third-order valence-corrected chi connectivity index (χ3v) is 3.63. The molecule has 0 aliphatic heterocycles. The van der Waals surface area contributed by atoms with E-state index in [9.17, 15) is 18.6 Å². The van der Waals surface area contributed by atoms with E-state index in [4.69, 9.17) is 4.55 Å². The predicted octanol–water partition coefficient (Wildman–Crippen LogP) is 0.722. The van der Waals surface area contributed by atoms with E-state index >= 15 is 0 Å². The lowest BCUT2D eigenvalue weighted by Gasteiger charge is -2.17. The minimum absolute atomic E-state index is 0.0306. The zero-order chi connectivity index (χ0) is 12.3. The lowest BCUT2D eigenvalue weighted by Crippen LogP contribution is -2.21. The minimum atomic E-state index is -4.41. The Bertz CT molecular complexity index is 459. The number of hydrogen-bond acceptors (Lipinski definition) is 4. The Hall–Kier alpha value is -0.470. The molecule has 0 aliphatic rings. The third-order valence-electron chi connectivity index (χ3n) is 2.04. The molecule has 3 N–H and O–H groups in total. The molecule has 2 atom stereocenters. The van der Waals surface area contributed by atoms with Crippen LogP contribution in [0, 0.1) is 0 Å². The summed E-state index contributed by atoms with van der Waals surface area (Å²) in [7, 11) is -4.41. The van der Waals surface area contributed by atoms with E-state index in [2.05, 4.69) is 15.9 Å². The summed E-state index contributed by atoms with van der Waals surface area (Å²) in [6.45, 7) is 0. The number of aliphatic hydroxyl groups excluding tert-OH is 2. The second-order valence-corrected chi connectivity index (χ2v) is 5.22. The standard InChI is InChI=1S/C9H11BrO5S/c10-5-7(11)9(12)6-3-1-2-4-8(6)16(13,14)15/h1-4,7,9,11-12H,5H2,(H,13,14,15). The van der Waals surface area contributed by atoms with Crippen molar-refractivity contribution in [3.63, 3.8) is 0 Å². The fourth-order valence-electron chi connectivity index (χ4n) is 1.25. The van der Waals surface area contributed by atoms with Crippen molar-refractivity contribution in [2.45, 2.75) is 17.1 Å². The Morgan fingerprint density at radius 2 is 1.81 bits per heavy atom. The Morgan fingerprint density at radius 3 is 2.31 bits per heavy atom. The molecule has 1 aromatic carbocycles. The molecule has 5 nitrogen and oxygen atoms in total. The zero-order valence-corrected chi connectivity index (χ0v) is 10.5. The number of aliphatic hydroxyl groups is 2. The van der Waals surface area contributed by atoms with Crippen LogP contribution >= 0.6 is 15.9 Å². The number of halogens is 1. The number of alkyl halides is 1.